The number of carbonyl (C=O) groups is 2. The number of para-hydroxylation sites is 1. The smallest absolute Gasteiger partial charge is 0.305 e. The summed E-state index contributed by atoms with van der Waals surface area (Å²) in [7, 11) is 0. The number of hydrogen-bond acceptors (Lipinski definition) is 5. The molecule has 7 heteroatoms. The molecule has 0 aliphatic heterocycles. The summed E-state index contributed by atoms with van der Waals surface area (Å²) < 4.78 is 11.0. The summed E-state index contributed by atoms with van der Waals surface area (Å²) in [6.07, 6.45) is 2.02. The van der Waals surface area contributed by atoms with Crippen LogP contribution in [0.2, 0.25) is 0 Å². The maximum Gasteiger partial charge on any atom is 0.305 e. The summed E-state index contributed by atoms with van der Waals surface area (Å²) in [5.74, 6) is 1.24. The van der Waals surface area contributed by atoms with Crippen molar-refractivity contribution >= 4 is 23.6 Å². The molecule has 2 aromatic carbocycles. The van der Waals surface area contributed by atoms with E-state index in [0.29, 0.717) is 17.1 Å². The normalized spacial score (nSPS) is 10.3. The minimum absolute atomic E-state index is 0.0854. The van der Waals surface area contributed by atoms with E-state index in [-0.39, 0.29) is 12.4 Å². The first-order chi connectivity index (χ1) is 13.7. The Hall–Kier alpha value is -3.19. The standard InChI is InChI=1S/C21H20N2O4S/c1-28-14-15-7-9-16(10-8-15)20(24)22-23-21(25)19-12-11-18(27-19)13-26-17-5-3-2-4-6-17/h2-12H,13-14H2,1H3,(H,22,24)(H,23,25). The minimum Gasteiger partial charge on any atom is -0.486 e. The van der Waals surface area contributed by atoms with E-state index in [1.54, 1.807) is 30.0 Å². The van der Waals surface area contributed by atoms with E-state index in [9.17, 15) is 9.59 Å². The van der Waals surface area contributed by atoms with Crippen molar-refractivity contribution in [3.8, 4) is 5.75 Å². The zero-order chi connectivity index (χ0) is 19.8. The number of hydrogen-bond donors (Lipinski definition) is 2. The highest BCUT2D eigenvalue weighted by atomic mass is 32.2. The second-order valence-corrected chi connectivity index (χ2v) is 6.77. The van der Waals surface area contributed by atoms with Crippen molar-refractivity contribution in [2.75, 3.05) is 6.26 Å². The van der Waals surface area contributed by atoms with Gasteiger partial charge in [-0.2, -0.15) is 11.8 Å². The molecule has 1 aromatic heterocycles. The van der Waals surface area contributed by atoms with Crippen LogP contribution in [0, 0.1) is 0 Å². The number of furan rings is 1. The Balaban J connectivity index is 1.49. The molecule has 0 bridgehead atoms. The van der Waals surface area contributed by atoms with Crippen molar-refractivity contribution in [1.29, 1.82) is 0 Å². The molecule has 2 N–H and O–H groups in total. The fourth-order valence-corrected chi connectivity index (χ4v) is 2.94. The molecule has 1 heterocycles. The lowest BCUT2D eigenvalue weighted by molar-refractivity contribution is 0.0828. The maximum atomic E-state index is 12.1. The minimum atomic E-state index is -0.543. The van der Waals surface area contributed by atoms with Gasteiger partial charge in [0.15, 0.2) is 5.76 Å². The third kappa shape index (κ3) is 5.40. The summed E-state index contributed by atoms with van der Waals surface area (Å²) in [4.78, 5) is 24.3. The average molecular weight is 396 g/mol. The first kappa shape index (κ1) is 19.6. The summed E-state index contributed by atoms with van der Waals surface area (Å²) in [6, 6.07) is 19.7. The van der Waals surface area contributed by atoms with Crippen LogP contribution in [0.3, 0.4) is 0 Å². The quantitative estimate of drug-likeness (QED) is 0.594. The molecule has 0 aliphatic carbocycles. The molecule has 6 nitrogen and oxygen atoms in total. The number of amides is 2. The van der Waals surface area contributed by atoms with Gasteiger partial charge in [0.05, 0.1) is 0 Å². The second kappa shape index (κ2) is 9.66. The number of hydrazine groups is 1. The van der Waals surface area contributed by atoms with Gasteiger partial charge >= 0.3 is 5.91 Å². The van der Waals surface area contributed by atoms with Crippen LogP contribution in [0.15, 0.2) is 71.1 Å². The van der Waals surface area contributed by atoms with Crippen molar-refractivity contribution in [1.82, 2.24) is 10.9 Å². The van der Waals surface area contributed by atoms with Crippen LogP contribution in [-0.4, -0.2) is 18.1 Å². The molecule has 0 atom stereocenters. The van der Waals surface area contributed by atoms with Crippen LogP contribution < -0.4 is 15.6 Å². The maximum absolute atomic E-state index is 12.1. The molecule has 0 unspecified atom stereocenters. The molecule has 0 saturated heterocycles. The summed E-state index contributed by atoms with van der Waals surface area (Å²) in [5, 5.41) is 0. The van der Waals surface area contributed by atoms with Crippen molar-refractivity contribution in [2.45, 2.75) is 12.4 Å². The fraction of sp³-hybridized carbons (Fsp3) is 0.143. The molecule has 2 amide bonds. The second-order valence-electron chi connectivity index (χ2n) is 5.91. The van der Waals surface area contributed by atoms with Crippen LogP contribution in [0.1, 0.15) is 32.2 Å². The Morgan fingerprint density at radius 2 is 1.64 bits per heavy atom. The van der Waals surface area contributed by atoms with Crippen LogP contribution >= 0.6 is 11.8 Å². The molecular formula is C21H20N2O4S. The number of carbonyl (C=O) groups excluding carboxylic acids is 2. The molecule has 0 saturated carbocycles. The lowest BCUT2D eigenvalue weighted by atomic mass is 10.1. The molecule has 3 aromatic rings. The van der Waals surface area contributed by atoms with Gasteiger partial charge in [-0.1, -0.05) is 30.3 Å². The predicted octanol–water partition coefficient (Wildman–Crippen LogP) is 3.80. The van der Waals surface area contributed by atoms with Crippen molar-refractivity contribution in [2.24, 2.45) is 0 Å². The molecule has 0 radical (unpaired) electrons. The van der Waals surface area contributed by atoms with Crippen molar-refractivity contribution < 1.29 is 18.7 Å². The van der Waals surface area contributed by atoms with E-state index in [1.165, 1.54) is 6.07 Å². The van der Waals surface area contributed by atoms with Gasteiger partial charge in [0.1, 0.15) is 18.1 Å². The van der Waals surface area contributed by atoms with Crippen molar-refractivity contribution in [3.63, 3.8) is 0 Å². The first-order valence-corrected chi connectivity index (χ1v) is 10.00. The van der Waals surface area contributed by atoms with Crippen LogP contribution in [0.4, 0.5) is 0 Å². The van der Waals surface area contributed by atoms with E-state index >= 15 is 0 Å². The molecule has 3 rings (SSSR count). The van der Waals surface area contributed by atoms with Crippen LogP contribution in [0.5, 0.6) is 5.75 Å². The Morgan fingerprint density at radius 1 is 0.929 bits per heavy atom. The average Bonchev–Trinajstić information content (AvgIpc) is 3.21. The fourth-order valence-electron chi connectivity index (χ4n) is 2.42. The van der Waals surface area contributed by atoms with Gasteiger partial charge in [0, 0.05) is 11.3 Å². The van der Waals surface area contributed by atoms with Crippen LogP contribution in [0.25, 0.3) is 0 Å². The SMILES string of the molecule is CSCc1ccc(C(=O)NNC(=O)c2ccc(COc3ccccc3)o2)cc1. The highest BCUT2D eigenvalue weighted by molar-refractivity contribution is 7.97. The van der Waals surface area contributed by atoms with E-state index in [0.717, 1.165) is 11.3 Å². The van der Waals surface area contributed by atoms with Gasteiger partial charge in [-0.05, 0) is 48.2 Å². The van der Waals surface area contributed by atoms with E-state index in [4.69, 9.17) is 9.15 Å². The monoisotopic (exact) mass is 396 g/mol. The summed E-state index contributed by atoms with van der Waals surface area (Å²) in [6.45, 7) is 0.200. The summed E-state index contributed by atoms with van der Waals surface area (Å²) >= 11 is 1.71. The number of rotatable bonds is 7. The van der Waals surface area contributed by atoms with E-state index in [2.05, 4.69) is 10.9 Å². The van der Waals surface area contributed by atoms with E-state index < -0.39 is 11.8 Å². The largest absolute Gasteiger partial charge is 0.486 e. The third-order valence-electron chi connectivity index (χ3n) is 3.83. The van der Waals surface area contributed by atoms with E-state index in [1.807, 2.05) is 48.7 Å². The molecule has 0 aliphatic rings. The number of ether oxygens (including phenoxy) is 1. The Morgan fingerprint density at radius 3 is 2.36 bits per heavy atom. The lowest BCUT2D eigenvalue weighted by Gasteiger charge is -2.07. The zero-order valence-corrected chi connectivity index (χ0v) is 16.1. The first-order valence-electron chi connectivity index (χ1n) is 8.61. The van der Waals surface area contributed by atoms with Crippen molar-refractivity contribution in [3.05, 3.63) is 89.4 Å². The molecule has 28 heavy (non-hydrogen) atoms. The lowest BCUT2D eigenvalue weighted by Crippen LogP contribution is -2.41. The topological polar surface area (TPSA) is 80.6 Å². The number of thioether (sulfide) groups is 1. The number of benzene rings is 2. The Bertz CT molecular complexity index is 923. The highest BCUT2D eigenvalue weighted by Gasteiger charge is 2.13. The highest BCUT2D eigenvalue weighted by Crippen LogP contribution is 2.14. The molecule has 0 spiro atoms. The van der Waals surface area contributed by atoms with Gasteiger partial charge in [0.25, 0.3) is 5.91 Å². The summed E-state index contributed by atoms with van der Waals surface area (Å²) in [5.41, 5.74) is 6.32. The molecule has 0 fully saturated rings. The third-order valence-corrected chi connectivity index (χ3v) is 4.45. The van der Waals surface area contributed by atoms with Gasteiger partial charge in [-0.15, -0.1) is 0 Å². The molecule has 144 valence electrons. The predicted molar refractivity (Wildman–Crippen MR) is 108 cm³/mol. The van der Waals surface area contributed by atoms with Gasteiger partial charge in [-0.25, -0.2) is 0 Å². The van der Waals surface area contributed by atoms with Gasteiger partial charge in [0.2, 0.25) is 0 Å². The Kier molecular flexibility index (Phi) is 6.75. The van der Waals surface area contributed by atoms with Gasteiger partial charge < -0.3 is 9.15 Å². The Labute approximate surface area is 167 Å². The van der Waals surface area contributed by atoms with Gasteiger partial charge in [-0.3, -0.25) is 20.4 Å². The molecular weight excluding hydrogens is 376 g/mol. The number of nitrogens with one attached hydrogen (secondary N) is 2. The zero-order valence-electron chi connectivity index (χ0n) is 15.3. The van der Waals surface area contributed by atoms with Crippen LogP contribution in [-0.2, 0) is 12.4 Å².